The van der Waals surface area contributed by atoms with Crippen LogP contribution in [-0.2, 0) is 4.79 Å². The molecular formula is C23H28FN4O2+. The van der Waals surface area contributed by atoms with Crippen molar-refractivity contribution in [1.82, 2.24) is 9.80 Å². The van der Waals surface area contributed by atoms with E-state index in [1.54, 1.807) is 12.1 Å². The summed E-state index contributed by atoms with van der Waals surface area (Å²) in [5.41, 5.74) is 1.32. The molecule has 2 aromatic carbocycles. The maximum absolute atomic E-state index is 14.0. The second kappa shape index (κ2) is 9.26. The Bertz CT molecular complexity index is 876. The van der Waals surface area contributed by atoms with Crippen LogP contribution in [0.3, 0.4) is 0 Å². The number of hydrogen-bond donors (Lipinski definition) is 1. The zero-order chi connectivity index (χ0) is 20.9. The van der Waals surface area contributed by atoms with Crippen molar-refractivity contribution in [2.24, 2.45) is 0 Å². The van der Waals surface area contributed by atoms with Gasteiger partial charge in [0, 0.05) is 31.7 Å². The number of anilines is 1. The lowest BCUT2D eigenvalue weighted by molar-refractivity contribution is -0.896. The molecule has 1 N–H and O–H groups in total. The van der Waals surface area contributed by atoms with Crippen LogP contribution in [0.5, 0.6) is 0 Å². The van der Waals surface area contributed by atoms with Gasteiger partial charge >= 0.3 is 0 Å². The van der Waals surface area contributed by atoms with Gasteiger partial charge in [0.05, 0.1) is 31.9 Å². The summed E-state index contributed by atoms with van der Waals surface area (Å²) in [4.78, 5) is 32.3. The van der Waals surface area contributed by atoms with E-state index in [9.17, 15) is 14.0 Å². The summed E-state index contributed by atoms with van der Waals surface area (Å²) in [6, 6.07) is 16.1. The minimum Gasteiger partial charge on any atom is -0.366 e. The largest absolute Gasteiger partial charge is 0.366 e. The van der Waals surface area contributed by atoms with Crippen LogP contribution in [0, 0.1) is 5.82 Å². The van der Waals surface area contributed by atoms with Crippen LogP contribution in [0.2, 0.25) is 0 Å². The van der Waals surface area contributed by atoms with E-state index < -0.39 is 0 Å². The molecule has 0 aliphatic carbocycles. The van der Waals surface area contributed by atoms with Gasteiger partial charge in [0.15, 0.2) is 6.54 Å². The molecule has 7 heteroatoms. The Labute approximate surface area is 176 Å². The second-order valence-corrected chi connectivity index (χ2v) is 7.90. The molecule has 0 bridgehead atoms. The van der Waals surface area contributed by atoms with Crippen molar-refractivity contribution in [3.05, 3.63) is 66.0 Å². The van der Waals surface area contributed by atoms with Crippen molar-refractivity contribution in [3.8, 4) is 0 Å². The SMILES string of the molecule is O=C(C[NH+]1CCN(C(=O)c2ccccc2)CC1)N1CCN(c2ccccc2F)CC1. The van der Waals surface area contributed by atoms with Crippen LogP contribution < -0.4 is 9.80 Å². The molecule has 2 saturated heterocycles. The standard InChI is InChI=1S/C23H27FN4O2/c24-20-8-4-5-9-21(20)26-14-16-27(17-15-26)22(29)18-25-10-12-28(13-11-25)23(30)19-6-2-1-3-7-19/h1-9H,10-18H2/p+1. The van der Waals surface area contributed by atoms with Crippen LogP contribution in [-0.4, -0.2) is 80.5 Å². The van der Waals surface area contributed by atoms with Crippen molar-refractivity contribution in [2.45, 2.75) is 0 Å². The van der Waals surface area contributed by atoms with Gasteiger partial charge < -0.3 is 19.6 Å². The van der Waals surface area contributed by atoms with E-state index >= 15 is 0 Å². The molecule has 0 unspecified atom stereocenters. The fraction of sp³-hybridized carbons (Fsp3) is 0.391. The number of carbonyl (C=O) groups excluding carboxylic acids is 2. The van der Waals surface area contributed by atoms with Crippen LogP contribution in [0.25, 0.3) is 0 Å². The number of nitrogens with one attached hydrogen (secondary N) is 1. The summed E-state index contributed by atoms with van der Waals surface area (Å²) in [6.45, 7) is 5.84. The number of rotatable bonds is 4. The molecule has 0 spiro atoms. The number of benzene rings is 2. The fourth-order valence-corrected chi connectivity index (χ4v) is 4.20. The quantitative estimate of drug-likeness (QED) is 0.798. The molecule has 0 atom stereocenters. The zero-order valence-electron chi connectivity index (χ0n) is 17.1. The molecule has 0 saturated carbocycles. The molecular weight excluding hydrogens is 383 g/mol. The van der Waals surface area contributed by atoms with Gasteiger partial charge in [-0.2, -0.15) is 0 Å². The van der Waals surface area contributed by atoms with E-state index in [0.717, 1.165) is 13.1 Å². The number of nitrogens with zero attached hydrogens (tertiary/aromatic N) is 3. The predicted octanol–water partition coefficient (Wildman–Crippen LogP) is 0.515. The second-order valence-electron chi connectivity index (χ2n) is 7.90. The Kier molecular flexibility index (Phi) is 6.28. The van der Waals surface area contributed by atoms with Crippen LogP contribution in [0.15, 0.2) is 54.6 Å². The number of hydrogen-bond acceptors (Lipinski definition) is 3. The Morgan fingerprint density at radius 1 is 0.800 bits per heavy atom. The van der Waals surface area contributed by atoms with E-state index in [1.807, 2.05) is 51.1 Å². The monoisotopic (exact) mass is 411 g/mol. The summed E-state index contributed by atoms with van der Waals surface area (Å²) >= 11 is 0. The van der Waals surface area contributed by atoms with Gasteiger partial charge in [-0.15, -0.1) is 0 Å². The maximum atomic E-state index is 14.0. The molecule has 2 aliphatic heterocycles. The average Bonchev–Trinajstić information content (AvgIpc) is 2.80. The van der Waals surface area contributed by atoms with Crippen LogP contribution in [0.1, 0.15) is 10.4 Å². The highest BCUT2D eigenvalue weighted by Crippen LogP contribution is 2.20. The zero-order valence-corrected chi connectivity index (χ0v) is 17.1. The van der Waals surface area contributed by atoms with Gasteiger partial charge in [-0.25, -0.2) is 4.39 Å². The van der Waals surface area contributed by atoms with Crippen LogP contribution in [0.4, 0.5) is 10.1 Å². The molecule has 2 heterocycles. The smallest absolute Gasteiger partial charge is 0.277 e. The van der Waals surface area contributed by atoms with E-state index in [-0.39, 0.29) is 17.6 Å². The predicted molar refractivity (Wildman–Crippen MR) is 113 cm³/mol. The highest BCUT2D eigenvalue weighted by molar-refractivity contribution is 5.94. The molecule has 2 fully saturated rings. The third-order valence-corrected chi connectivity index (χ3v) is 6.01. The third kappa shape index (κ3) is 4.62. The highest BCUT2D eigenvalue weighted by atomic mass is 19.1. The topological polar surface area (TPSA) is 48.3 Å². The summed E-state index contributed by atoms with van der Waals surface area (Å²) < 4.78 is 14.0. The minimum atomic E-state index is -0.218. The Morgan fingerprint density at radius 2 is 1.43 bits per heavy atom. The first kappa shape index (κ1) is 20.3. The summed E-state index contributed by atoms with van der Waals surface area (Å²) in [7, 11) is 0. The average molecular weight is 412 g/mol. The number of para-hydroxylation sites is 1. The van der Waals surface area contributed by atoms with Gasteiger partial charge in [0.25, 0.3) is 11.8 Å². The molecule has 6 nitrogen and oxygen atoms in total. The summed E-state index contributed by atoms with van der Waals surface area (Å²) in [5.74, 6) is -0.0177. The summed E-state index contributed by atoms with van der Waals surface area (Å²) in [5, 5.41) is 0. The van der Waals surface area contributed by atoms with Gasteiger partial charge in [-0.3, -0.25) is 9.59 Å². The van der Waals surface area contributed by atoms with Crippen LogP contribution >= 0.6 is 0 Å². The normalized spacial score (nSPS) is 17.8. The van der Waals surface area contributed by atoms with Crippen molar-refractivity contribution < 1.29 is 18.9 Å². The number of halogens is 1. The van der Waals surface area contributed by atoms with Crippen molar-refractivity contribution >= 4 is 17.5 Å². The van der Waals surface area contributed by atoms with Crippen molar-refractivity contribution in [1.29, 1.82) is 0 Å². The van der Waals surface area contributed by atoms with Crippen molar-refractivity contribution in [2.75, 3.05) is 63.8 Å². The molecule has 2 aromatic rings. The van der Waals surface area contributed by atoms with E-state index in [2.05, 4.69) is 0 Å². The minimum absolute atomic E-state index is 0.0604. The van der Waals surface area contributed by atoms with Gasteiger partial charge in [-0.05, 0) is 24.3 Å². The van der Waals surface area contributed by atoms with E-state index in [1.165, 1.54) is 11.0 Å². The molecule has 2 amide bonds. The first-order valence-electron chi connectivity index (χ1n) is 10.6. The Morgan fingerprint density at radius 3 is 2.10 bits per heavy atom. The highest BCUT2D eigenvalue weighted by Gasteiger charge is 2.29. The lowest BCUT2D eigenvalue weighted by atomic mass is 10.2. The van der Waals surface area contributed by atoms with Gasteiger partial charge in [0.1, 0.15) is 5.82 Å². The molecule has 2 aliphatic rings. The number of quaternary nitrogens is 1. The van der Waals surface area contributed by atoms with E-state index in [4.69, 9.17) is 0 Å². The molecule has 30 heavy (non-hydrogen) atoms. The maximum Gasteiger partial charge on any atom is 0.277 e. The first-order chi connectivity index (χ1) is 14.6. The Balaban J connectivity index is 1.23. The lowest BCUT2D eigenvalue weighted by Gasteiger charge is -2.37. The number of carbonyl (C=O) groups is 2. The fourth-order valence-electron chi connectivity index (χ4n) is 4.20. The first-order valence-corrected chi connectivity index (χ1v) is 10.6. The number of piperazine rings is 2. The number of amides is 2. The summed E-state index contributed by atoms with van der Waals surface area (Å²) in [6.07, 6.45) is 0. The molecule has 4 rings (SSSR count). The molecule has 158 valence electrons. The molecule has 0 aromatic heterocycles. The third-order valence-electron chi connectivity index (χ3n) is 6.01. The lowest BCUT2D eigenvalue weighted by Crippen LogP contribution is -3.15. The van der Waals surface area contributed by atoms with Gasteiger partial charge in [0.2, 0.25) is 0 Å². The molecule has 0 radical (unpaired) electrons. The van der Waals surface area contributed by atoms with Crippen molar-refractivity contribution in [3.63, 3.8) is 0 Å². The Hall–Kier alpha value is -2.93. The van der Waals surface area contributed by atoms with E-state index in [0.29, 0.717) is 57.1 Å². The van der Waals surface area contributed by atoms with Gasteiger partial charge in [-0.1, -0.05) is 30.3 Å².